The van der Waals surface area contributed by atoms with E-state index in [0.29, 0.717) is 23.0 Å². The van der Waals surface area contributed by atoms with Crippen LogP contribution in [0.1, 0.15) is 131 Å². The fourth-order valence-electron chi connectivity index (χ4n) is 10.2. The first-order chi connectivity index (χ1) is 19.1. The lowest BCUT2D eigenvalue weighted by Gasteiger charge is -2.58. The molecule has 0 spiro atoms. The average Bonchev–Trinajstić information content (AvgIpc) is 3.27. The van der Waals surface area contributed by atoms with Crippen LogP contribution in [0.2, 0.25) is 0 Å². The minimum Gasteiger partial charge on any atom is -0.380 e. The summed E-state index contributed by atoms with van der Waals surface area (Å²) in [4.78, 5) is 2.27. The number of allylic oxidation sites excluding steroid dienone is 1. The molecule has 9 atom stereocenters. The first-order valence-electron chi connectivity index (χ1n) is 17.6. The lowest BCUT2D eigenvalue weighted by Crippen LogP contribution is -2.51. The molecule has 3 nitrogen and oxygen atoms in total. The van der Waals surface area contributed by atoms with Crippen LogP contribution in [0.3, 0.4) is 0 Å². The van der Waals surface area contributed by atoms with E-state index < -0.39 is 0 Å². The van der Waals surface area contributed by atoms with E-state index in [9.17, 15) is 0 Å². The molecule has 0 heterocycles. The Balaban J connectivity index is 1.24. The van der Waals surface area contributed by atoms with Crippen molar-refractivity contribution in [1.29, 1.82) is 0 Å². The molecule has 0 unspecified atom stereocenters. The van der Waals surface area contributed by atoms with Gasteiger partial charge in [-0.15, -0.1) is 0 Å². The summed E-state index contributed by atoms with van der Waals surface area (Å²) in [5, 5.41) is 0. The van der Waals surface area contributed by atoms with Gasteiger partial charge in [0.25, 0.3) is 0 Å². The number of fused-ring (bicyclic) bond motifs is 5. The molecule has 232 valence electrons. The predicted molar refractivity (Wildman–Crippen MR) is 171 cm³/mol. The van der Waals surface area contributed by atoms with Gasteiger partial charge >= 0.3 is 0 Å². The summed E-state index contributed by atoms with van der Waals surface area (Å²) in [6.45, 7) is 17.6. The van der Waals surface area contributed by atoms with E-state index in [2.05, 4.69) is 66.6 Å². The number of hydrogen-bond donors (Lipinski definition) is 0. The Kier molecular flexibility index (Phi) is 11.7. The summed E-state index contributed by atoms with van der Waals surface area (Å²) in [6, 6.07) is 0.535. The molecule has 0 aromatic heterocycles. The van der Waals surface area contributed by atoms with Gasteiger partial charge < -0.3 is 14.4 Å². The predicted octanol–water partition coefficient (Wildman–Crippen LogP) is 9.55. The minimum atomic E-state index is 0.432. The SMILES string of the molecule is CC[C@H](COCCCCO[C@H]1CC[C@@]2(C)C(=CC[C@H]3[C@@H]4CC[C@H]([C@H](C)CCCC(C)C)[C@@]4(C)CC[C@@H]32)C1)N(C)C. The Morgan fingerprint density at radius 1 is 0.925 bits per heavy atom. The third-order valence-electron chi connectivity index (χ3n) is 12.8. The normalized spacial score (nSPS) is 37.1. The second-order valence-electron chi connectivity index (χ2n) is 15.8. The molecule has 0 aromatic rings. The Morgan fingerprint density at radius 2 is 1.70 bits per heavy atom. The Bertz CT molecular complexity index is 806. The molecule has 0 radical (unpaired) electrons. The topological polar surface area (TPSA) is 21.7 Å². The molecule has 0 saturated heterocycles. The average molecular weight is 558 g/mol. The maximum atomic E-state index is 6.47. The van der Waals surface area contributed by atoms with Gasteiger partial charge in [0, 0.05) is 19.3 Å². The molecule has 0 aliphatic heterocycles. The van der Waals surface area contributed by atoms with Gasteiger partial charge in [-0.25, -0.2) is 0 Å². The molecule has 3 saturated carbocycles. The number of ether oxygens (including phenoxy) is 2. The zero-order chi connectivity index (χ0) is 28.9. The molecular weight excluding hydrogens is 490 g/mol. The van der Waals surface area contributed by atoms with E-state index in [0.717, 1.165) is 74.6 Å². The summed E-state index contributed by atoms with van der Waals surface area (Å²) in [6.07, 6.45) is 21.9. The smallest absolute Gasteiger partial charge is 0.0621 e. The van der Waals surface area contributed by atoms with E-state index in [1.807, 2.05) is 0 Å². The van der Waals surface area contributed by atoms with E-state index >= 15 is 0 Å². The Labute approximate surface area is 249 Å². The highest BCUT2D eigenvalue weighted by Crippen LogP contribution is 2.67. The molecule has 4 aliphatic carbocycles. The van der Waals surface area contributed by atoms with Crippen molar-refractivity contribution >= 4 is 0 Å². The van der Waals surface area contributed by atoms with Crippen LogP contribution in [0.5, 0.6) is 0 Å². The van der Waals surface area contributed by atoms with Gasteiger partial charge in [-0.1, -0.05) is 72.5 Å². The number of nitrogens with zero attached hydrogens (tertiary/aromatic N) is 1. The maximum Gasteiger partial charge on any atom is 0.0621 e. The third kappa shape index (κ3) is 7.21. The summed E-state index contributed by atoms with van der Waals surface area (Å²) >= 11 is 0. The van der Waals surface area contributed by atoms with Crippen molar-refractivity contribution in [1.82, 2.24) is 4.90 Å². The summed E-state index contributed by atoms with van der Waals surface area (Å²) < 4.78 is 12.4. The van der Waals surface area contributed by atoms with Gasteiger partial charge in [-0.2, -0.15) is 0 Å². The van der Waals surface area contributed by atoms with Crippen molar-refractivity contribution in [2.24, 2.45) is 46.3 Å². The fraction of sp³-hybridized carbons (Fsp3) is 0.946. The number of rotatable bonds is 15. The van der Waals surface area contributed by atoms with Crippen molar-refractivity contribution in [3.63, 3.8) is 0 Å². The third-order valence-corrected chi connectivity index (χ3v) is 12.8. The minimum absolute atomic E-state index is 0.432. The van der Waals surface area contributed by atoms with Crippen molar-refractivity contribution in [2.45, 2.75) is 144 Å². The first-order valence-corrected chi connectivity index (χ1v) is 17.6. The molecular formula is C37H67NO2. The molecule has 0 N–H and O–H groups in total. The van der Waals surface area contributed by atoms with Crippen molar-refractivity contribution in [3.8, 4) is 0 Å². The molecule has 40 heavy (non-hydrogen) atoms. The van der Waals surface area contributed by atoms with Crippen molar-refractivity contribution in [3.05, 3.63) is 11.6 Å². The van der Waals surface area contributed by atoms with E-state index in [4.69, 9.17) is 9.47 Å². The molecule has 4 rings (SSSR count). The second-order valence-corrected chi connectivity index (χ2v) is 15.8. The zero-order valence-corrected chi connectivity index (χ0v) is 28.0. The number of hydrogen-bond acceptors (Lipinski definition) is 3. The Morgan fingerprint density at radius 3 is 2.42 bits per heavy atom. The van der Waals surface area contributed by atoms with Gasteiger partial charge in [0.15, 0.2) is 0 Å². The van der Waals surface area contributed by atoms with Crippen LogP contribution >= 0.6 is 0 Å². The highest BCUT2D eigenvalue weighted by atomic mass is 16.5. The van der Waals surface area contributed by atoms with Crippen LogP contribution in [0, 0.1) is 46.3 Å². The van der Waals surface area contributed by atoms with Crippen LogP contribution in [0.4, 0.5) is 0 Å². The molecule has 3 fully saturated rings. The van der Waals surface area contributed by atoms with Crippen LogP contribution in [-0.4, -0.2) is 51.0 Å². The maximum absolute atomic E-state index is 6.47. The molecule has 0 aromatic carbocycles. The lowest BCUT2D eigenvalue weighted by atomic mass is 9.47. The van der Waals surface area contributed by atoms with Crippen LogP contribution in [0.15, 0.2) is 11.6 Å². The van der Waals surface area contributed by atoms with E-state index in [1.54, 1.807) is 5.57 Å². The van der Waals surface area contributed by atoms with E-state index in [-0.39, 0.29) is 0 Å². The Hall–Kier alpha value is -0.380. The standard InChI is InChI=1S/C37H67NO2/c1-9-30(38(7)8)26-39-23-10-11-24-40-31-19-21-36(5)29(25-31)15-16-32-34-18-17-33(28(4)14-12-13-27(2)3)37(34,6)22-20-35(32)36/h15,27-28,30-35H,9-14,16-26H2,1-8H3/t28-,30-,31+,32+,33-,34+,35+,36+,37-/m1/s1. The van der Waals surface area contributed by atoms with Crippen LogP contribution in [-0.2, 0) is 9.47 Å². The summed E-state index contributed by atoms with van der Waals surface area (Å²) in [7, 11) is 4.30. The molecule has 3 heteroatoms. The van der Waals surface area contributed by atoms with Gasteiger partial charge in [0.05, 0.1) is 12.7 Å². The fourth-order valence-corrected chi connectivity index (χ4v) is 10.2. The summed E-state index contributed by atoms with van der Waals surface area (Å²) in [5.74, 6) is 5.51. The highest BCUT2D eigenvalue weighted by molar-refractivity contribution is 5.25. The zero-order valence-electron chi connectivity index (χ0n) is 28.0. The highest BCUT2D eigenvalue weighted by Gasteiger charge is 2.59. The van der Waals surface area contributed by atoms with Crippen molar-refractivity contribution in [2.75, 3.05) is 33.9 Å². The van der Waals surface area contributed by atoms with Crippen LogP contribution < -0.4 is 0 Å². The van der Waals surface area contributed by atoms with Gasteiger partial charge in [0.2, 0.25) is 0 Å². The van der Waals surface area contributed by atoms with Gasteiger partial charge in [-0.05, 0) is 131 Å². The summed E-state index contributed by atoms with van der Waals surface area (Å²) in [5.41, 5.74) is 2.79. The van der Waals surface area contributed by atoms with Gasteiger partial charge in [-0.3, -0.25) is 0 Å². The molecule has 4 aliphatic rings. The van der Waals surface area contributed by atoms with Crippen LogP contribution in [0.25, 0.3) is 0 Å². The largest absolute Gasteiger partial charge is 0.380 e. The first kappa shape index (κ1) is 32.5. The monoisotopic (exact) mass is 558 g/mol. The second kappa shape index (κ2) is 14.4. The quantitative estimate of drug-likeness (QED) is 0.148. The molecule has 0 amide bonds. The molecule has 0 bridgehead atoms. The van der Waals surface area contributed by atoms with Gasteiger partial charge in [0.1, 0.15) is 0 Å². The lowest BCUT2D eigenvalue weighted by molar-refractivity contribution is -0.0643. The van der Waals surface area contributed by atoms with Crippen molar-refractivity contribution < 1.29 is 9.47 Å². The van der Waals surface area contributed by atoms with E-state index in [1.165, 1.54) is 70.6 Å². The number of likely N-dealkylation sites (N-methyl/N-ethyl adjacent to an activating group) is 1. The number of unbranched alkanes of at least 4 members (excludes halogenated alkanes) is 1.